The van der Waals surface area contributed by atoms with Crippen molar-refractivity contribution in [3.8, 4) is 22.9 Å². The molecule has 7 nitrogen and oxygen atoms in total. The first-order chi connectivity index (χ1) is 18.7. The number of rotatable bonds is 6. The molecule has 200 valence electrons. The lowest BCUT2D eigenvalue weighted by Crippen LogP contribution is -2.17. The summed E-state index contributed by atoms with van der Waals surface area (Å²) in [5, 5.41) is 6.10. The number of hydrogen-bond acceptors (Lipinski definition) is 6. The van der Waals surface area contributed by atoms with E-state index in [0.29, 0.717) is 41.4 Å². The van der Waals surface area contributed by atoms with Gasteiger partial charge in [-0.2, -0.15) is 4.98 Å². The predicted octanol–water partition coefficient (Wildman–Crippen LogP) is 6.98. The molecule has 1 amide bonds. The Bertz CT molecular complexity index is 1480. The Labute approximate surface area is 223 Å². The van der Waals surface area contributed by atoms with Gasteiger partial charge in [0.1, 0.15) is 5.75 Å². The van der Waals surface area contributed by atoms with Crippen molar-refractivity contribution in [2.75, 3.05) is 17.2 Å². The Kier molecular flexibility index (Phi) is 7.10. The lowest BCUT2D eigenvalue weighted by molar-refractivity contribution is -0.274. The molecule has 0 bridgehead atoms. The van der Waals surface area contributed by atoms with Crippen LogP contribution in [0.4, 0.5) is 30.5 Å². The number of aromatic nitrogens is 2. The first-order valence-corrected chi connectivity index (χ1v) is 12.3. The number of carbonyl (C=O) groups is 1. The van der Waals surface area contributed by atoms with Gasteiger partial charge in [0.25, 0.3) is 5.91 Å². The van der Waals surface area contributed by atoms with Gasteiger partial charge in [0.05, 0.1) is 12.3 Å². The highest BCUT2D eigenvalue weighted by Crippen LogP contribution is 2.35. The number of nitrogens with one attached hydrogen (secondary N) is 2. The molecule has 2 N–H and O–H groups in total. The number of anilines is 3. The van der Waals surface area contributed by atoms with Crippen molar-refractivity contribution in [3.05, 3.63) is 89.0 Å². The number of para-hydroxylation sites is 1. The summed E-state index contributed by atoms with van der Waals surface area (Å²) in [5.74, 6) is 0.145. The molecule has 1 aliphatic heterocycles. The molecule has 3 aromatic carbocycles. The van der Waals surface area contributed by atoms with Gasteiger partial charge < -0.3 is 20.1 Å². The average Bonchev–Trinajstić information content (AvgIpc) is 2.90. The second-order valence-electron chi connectivity index (χ2n) is 9.13. The SMILES string of the molecule is Cc1cccc(C)c1NC(=O)c1ccc(Nc2nc3c(c(-c4ccc(OC(F)(F)F)cc4)n2)CCCO3)cc1. The molecule has 0 aliphatic carbocycles. The number of aryl methyl sites for hydroxylation is 2. The van der Waals surface area contributed by atoms with E-state index in [1.54, 1.807) is 24.3 Å². The molecule has 10 heteroatoms. The van der Waals surface area contributed by atoms with E-state index in [1.165, 1.54) is 24.3 Å². The van der Waals surface area contributed by atoms with Crippen molar-refractivity contribution in [1.82, 2.24) is 9.97 Å². The number of nitrogens with zero attached hydrogens (tertiary/aromatic N) is 2. The van der Waals surface area contributed by atoms with E-state index in [4.69, 9.17) is 4.74 Å². The molecule has 0 saturated carbocycles. The fourth-order valence-electron chi connectivity index (χ4n) is 4.37. The monoisotopic (exact) mass is 534 g/mol. The van der Waals surface area contributed by atoms with Gasteiger partial charge in [-0.3, -0.25) is 4.79 Å². The molecule has 2 heterocycles. The number of carbonyl (C=O) groups excluding carboxylic acids is 1. The van der Waals surface area contributed by atoms with Crippen molar-refractivity contribution in [2.24, 2.45) is 0 Å². The van der Waals surface area contributed by atoms with Crippen LogP contribution in [0.25, 0.3) is 11.3 Å². The van der Waals surface area contributed by atoms with E-state index in [-0.39, 0.29) is 17.6 Å². The van der Waals surface area contributed by atoms with Gasteiger partial charge in [-0.1, -0.05) is 18.2 Å². The molecule has 39 heavy (non-hydrogen) atoms. The first kappa shape index (κ1) is 26.0. The van der Waals surface area contributed by atoms with Crippen molar-refractivity contribution in [3.63, 3.8) is 0 Å². The Morgan fingerprint density at radius 2 is 1.64 bits per heavy atom. The number of amides is 1. The summed E-state index contributed by atoms with van der Waals surface area (Å²) >= 11 is 0. The second kappa shape index (κ2) is 10.6. The molecule has 4 aromatic rings. The summed E-state index contributed by atoms with van der Waals surface area (Å²) in [6.45, 7) is 4.39. The largest absolute Gasteiger partial charge is 0.573 e. The van der Waals surface area contributed by atoms with Crippen LogP contribution >= 0.6 is 0 Å². The molecule has 0 saturated heterocycles. The third-order valence-electron chi connectivity index (χ3n) is 6.26. The molecule has 1 aromatic heterocycles. The molecular formula is C29H25F3N4O3. The quantitative estimate of drug-likeness (QED) is 0.278. The van der Waals surface area contributed by atoms with E-state index in [1.807, 2.05) is 32.0 Å². The van der Waals surface area contributed by atoms with Crippen LogP contribution in [-0.4, -0.2) is 28.8 Å². The van der Waals surface area contributed by atoms with Gasteiger partial charge in [0.2, 0.25) is 11.8 Å². The van der Waals surface area contributed by atoms with Crippen LogP contribution < -0.4 is 20.1 Å². The molecule has 0 fully saturated rings. The first-order valence-electron chi connectivity index (χ1n) is 12.3. The van der Waals surface area contributed by atoms with Crippen LogP contribution in [0.15, 0.2) is 66.7 Å². The number of halogens is 3. The number of hydrogen-bond donors (Lipinski definition) is 2. The third-order valence-corrected chi connectivity index (χ3v) is 6.26. The van der Waals surface area contributed by atoms with Crippen molar-refractivity contribution in [2.45, 2.75) is 33.1 Å². The van der Waals surface area contributed by atoms with Gasteiger partial charge in [0.15, 0.2) is 0 Å². The smallest absolute Gasteiger partial charge is 0.477 e. The van der Waals surface area contributed by atoms with E-state index in [0.717, 1.165) is 28.8 Å². The standard InChI is InChI=1S/C29H25F3N4O3/c1-17-5-3-6-18(2)24(17)34-26(37)20-8-12-21(13-9-20)33-28-35-25(23-7-4-16-38-27(23)36-28)19-10-14-22(15-11-19)39-29(30,31)32/h3,5-6,8-15H,4,7,16H2,1-2H3,(H,34,37)(H,33,35,36). The number of benzene rings is 3. The highest BCUT2D eigenvalue weighted by Gasteiger charge is 2.31. The molecule has 0 unspecified atom stereocenters. The van der Waals surface area contributed by atoms with E-state index >= 15 is 0 Å². The minimum absolute atomic E-state index is 0.224. The number of fused-ring (bicyclic) bond motifs is 1. The maximum atomic E-state index is 12.8. The van der Waals surface area contributed by atoms with E-state index < -0.39 is 6.36 Å². The minimum Gasteiger partial charge on any atom is -0.477 e. The van der Waals surface area contributed by atoms with Gasteiger partial charge in [-0.25, -0.2) is 4.98 Å². The highest BCUT2D eigenvalue weighted by atomic mass is 19.4. The lowest BCUT2D eigenvalue weighted by Gasteiger charge is -2.20. The summed E-state index contributed by atoms with van der Waals surface area (Å²) in [6.07, 6.45) is -3.32. The molecule has 0 spiro atoms. The van der Waals surface area contributed by atoms with Crippen LogP contribution in [0.2, 0.25) is 0 Å². The van der Waals surface area contributed by atoms with Gasteiger partial charge in [-0.05, 0) is 86.3 Å². The topological polar surface area (TPSA) is 85.4 Å². The number of ether oxygens (including phenoxy) is 2. The maximum absolute atomic E-state index is 12.8. The second-order valence-corrected chi connectivity index (χ2v) is 9.13. The van der Waals surface area contributed by atoms with Crippen LogP contribution in [0.3, 0.4) is 0 Å². The van der Waals surface area contributed by atoms with Crippen molar-refractivity contribution >= 4 is 23.2 Å². The minimum atomic E-state index is -4.77. The van der Waals surface area contributed by atoms with E-state index in [9.17, 15) is 18.0 Å². The Balaban J connectivity index is 1.37. The van der Waals surface area contributed by atoms with Gasteiger partial charge in [-0.15, -0.1) is 13.2 Å². The van der Waals surface area contributed by atoms with Crippen LogP contribution in [0.1, 0.15) is 33.5 Å². The summed E-state index contributed by atoms with van der Waals surface area (Å²) in [4.78, 5) is 21.9. The van der Waals surface area contributed by atoms with Crippen molar-refractivity contribution in [1.29, 1.82) is 0 Å². The Morgan fingerprint density at radius 1 is 0.949 bits per heavy atom. The Hall–Kier alpha value is -4.60. The highest BCUT2D eigenvalue weighted by molar-refractivity contribution is 6.05. The van der Waals surface area contributed by atoms with Crippen LogP contribution in [0.5, 0.6) is 11.6 Å². The molecule has 1 aliphatic rings. The molecule has 0 radical (unpaired) electrons. The Morgan fingerprint density at radius 3 is 2.31 bits per heavy atom. The average molecular weight is 535 g/mol. The summed E-state index contributed by atoms with van der Waals surface area (Å²) in [6, 6.07) is 18.2. The molecular weight excluding hydrogens is 509 g/mol. The zero-order valence-electron chi connectivity index (χ0n) is 21.2. The zero-order chi connectivity index (χ0) is 27.6. The normalized spacial score (nSPS) is 12.7. The summed E-state index contributed by atoms with van der Waals surface area (Å²) < 4.78 is 47.4. The van der Waals surface area contributed by atoms with Gasteiger partial charge >= 0.3 is 6.36 Å². The maximum Gasteiger partial charge on any atom is 0.573 e. The number of alkyl halides is 3. The van der Waals surface area contributed by atoms with Crippen LogP contribution in [0, 0.1) is 13.8 Å². The fraction of sp³-hybridized carbons (Fsp3) is 0.207. The third kappa shape index (κ3) is 6.11. The van der Waals surface area contributed by atoms with Crippen molar-refractivity contribution < 1.29 is 27.4 Å². The fourth-order valence-corrected chi connectivity index (χ4v) is 4.37. The van der Waals surface area contributed by atoms with Gasteiger partial charge in [0, 0.05) is 28.1 Å². The van der Waals surface area contributed by atoms with E-state index in [2.05, 4.69) is 25.3 Å². The molecule has 0 atom stereocenters. The molecule has 5 rings (SSSR count). The lowest BCUT2D eigenvalue weighted by atomic mass is 10.0. The summed E-state index contributed by atoms with van der Waals surface area (Å²) in [5.41, 5.74) is 5.83. The zero-order valence-corrected chi connectivity index (χ0v) is 21.2. The van der Waals surface area contributed by atoms with Crippen LogP contribution in [-0.2, 0) is 6.42 Å². The summed E-state index contributed by atoms with van der Waals surface area (Å²) in [7, 11) is 0. The predicted molar refractivity (Wildman–Crippen MR) is 142 cm³/mol.